The lowest BCUT2D eigenvalue weighted by Crippen LogP contribution is -2.10. The Morgan fingerprint density at radius 1 is 0.611 bits per heavy atom. The van der Waals surface area contributed by atoms with Crippen LogP contribution in [-0.4, -0.2) is 50.9 Å². The minimum Gasteiger partial charge on any atom is -0.492 e. The minimum absolute atomic E-state index is 0.0219. The summed E-state index contributed by atoms with van der Waals surface area (Å²) in [6, 6.07) is 37.3. The van der Waals surface area contributed by atoms with Crippen molar-refractivity contribution in [3.05, 3.63) is 151 Å². The predicted molar refractivity (Wildman–Crippen MR) is 241 cm³/mol. The van der Waals surface area contributed by atoms with Crippen molar-refractivity contribution in [2.45, 2.75) is 22.8 Å². The van der Waals surface area contributed by atoms with Crippen molar-refractivity contribution in [1.29, 1.82) is 0 Å². The highest BCUT2D eigenvalue weighted by atomic mass is 127. The van der Waals surface area contributed by atoms with Gasteiger partial charge in [0, 0.05) is 78.2 Å². The molecular weight excluding hydrogens is 899 g/mol. The lowest BCUT2D eigenvalue weighted by Gasteiger charge is -2.05. The Balaban J connectivity index is 0.000000338. The largest absolute Gasteiger partial charge is 0.492 e. The molecule has 0 saturated carbocycles. The Morgan fingerprint density at radius 2 is 1.13 bits per heavy atom. The van der Waals surface area contributed by atoms with E-state index in [4.69, 9.17) is 72.9 Å². The van der Waals surface area contributed by atoms with Crippen molar-refractivity contribution < 1.29 is 13.9 Å². The van der Waals surface area contributed by atoms with Gasteiger partial charge in [0.25, 0.3) is 0 Å². The summed E-state index contributed by atoms with van der Waals surface area (Å²) in [6.07, 6.45) is 0. The molecule has 0 bridgehead atoms. The predicted octanol–water partition coefficient (Wildman–Crippen LogP) is 9.93. The van der Waals surface area contributed by atoms with E-state index in [1.165, 1.54) is 20.6 Å². The molecule has 1 atom stereocenters. The summed E-state index contributed by atoms with van der Waals surface area (Å²) in [5.74, 6) is 3.01. The molecule has 0 aliphatic rings. The van der Waals surface area contributed by atoms with Crippen LogP contribution < -0.4 is 38.1 Å². The molecule has 14 heteroatoms. The lowest BCUT2D eigenvalue weighted by molar-refractivity contribution is 0.326. The van der Waals surface area contributed by atoms with Crippen LogP contribution in [0.1, 0.15) is 18.5 Å². The molecular formula is C40H50Cl3FIN5O2S2. The highest BCUT2D eigenvalue weighted by Crippen LogP contribution is 2.26. The summed E-state index contributed by atoms with van der Waals surface area (Å²) in [6.45, 7) is 5.33. The first-order chi connectivity index (χ1) is 26.0. The highest BCUT2D eigenvalue weighted by molar-refractivity contribution is 14.1. The topological polar surface area (TPSA) is 149 Å². The maximum absolute atomic E-state index is 12.5. The third kappa shape index (κ3) is 25.0. The van der Waals surface area contributed by atoms with Crippen molar-refractivity contribution >= 4 is 80.9 Å². The molecule has 10 N–H and O–H groups in total. The van der Waals surface area contributed by atoms with Gasteiger partial charge in [0.15, 0.2) is 0 Å². The van der Waals surface area contributed by atoms with Gasteiger partial charge in [-0.3, -0.25) is 0 Å². The van der Waals surface area contributed by atoms with Gasteiger partial charge < -0.3 is 38.1 Å². The molecule has 5 aromatic rings. The Morgan fingerprint density at radius 3 is 1.61 bits per heavy atom. The van der Waals surface area contributed by atoms with E-state index in [0.717, 1.165) is 39.3 Å². The first-order valence-corrected chi connectivity index (χ1v) is 21.0. The zero-order chi connectivity index (χ0) is 40.0. The van der Waals surface area contributed by atoms with E-state index in [2.05, 4.69) is 34.7 Å². The number of ether oxygens (including phenoxy) is 2. The molecule has 5 aromatic carbocycles. The molecule has 1 unspecified atom stereocenters. The number of halogens is 5. The molecule has 5 rings (SSSR count). The third-order valence-electron chi connectivity index (χ3n) is 6.11. The van der Waals surface area contributed by atoms with Crippen LogP contribution in [0.4, 0.5) is 4.39 Å². The van der Waals surface area contributed by atoms with Gasteiger partial charge in [-0.2, -0.15) is 0 Å². The second-order valence-corrected chi connectivity index (χ2v) is 15.6. The first-order valence-electron chi connectivity index (χ1n) is 16.9. The van der Waals surface area contributed by atoms with E-state index in [0.29, 0.717) is 48.6 Å². The summed E-state index contributed by atoms with van der Waals surface area (Å²) in [4.78, 5) is 2.37. The number of rotatable bonds is 13. The normalized spacial score (nSPS) is 10.4. The molecule has 0 amide bonds. The number of benzene rings is 5. The fourth-order valence-electron chi connectivity index (χ4n) is 3.79. The van der Waals surface area contributed by atoms with Crippen LogP contribution >= 0.6 is 80.9 Å². The zero-order valence-electron chi connectivity index (χ0n) is 30.2. The van der Waals surface area contributed by atoms with Crippen LogP contribution in [0.5, 0.6) is 11.5 Å². The van der Waals surface area contributed by atoms with Gasteiger partial charge in [-0.1, -0.05) is 83.3 Å². The monoisotopic (exact) mass is 947 g/mol. The summed E-state index contributed by atoms with van der Waals surface area (Å²) < 4.78 is 24.0. The molecule has 0 aliphatic heterocycles. The van der Waals surface area contributed by atoms with Crippen molar-refractivity contribution in [2.75, 3.05) is 50.9 Å². The van der Waals surface area contributed by atoms with Crippen molar-refractivity contribution in [3.63, 3.8) is 0 Å². The second-order valence-electron chi connectivity index (χ2n) is 10.7. The van der Waals surface area contributed by atoms with Crippen LogP contribution in [0.15, 0.2) is 131 Å². The summed E-state index contributed by atoms with van der Waals surface area (Å²) in [7, 11) is 0. The Labute approximate surface area is 357 Å². The number of hydrogen-bond donors (Lipinski definition) is 5. The quantitative estimate of drug-likeness (QED) is 0.0575. The molecule has 54 heavy (non-hydrogen) atoms. The van der Waals surface area contributed by atoms with Crippen LogP contribution in [0.2, 0.25) is 15.1 Å². The van der Waals surface area contributed by atoms with E-state index in [1.54, 1.807) is 41.7 Å². The molecule has 0 heterocycles. The van der Waals surface area contributed by atoms with E-state index < -0.39 is 0 Å². The second kappa shape index (κ2) is 31.9. The average Bonchev–Trinajstić information content (AvgIpc) is 3.16. The number of nitrogens with two attached hydrogens (primary N) is 5. The van der Waals surface area contributed by atoms with Gasteiger partial charge >= 0.3 is 0 Å². The number of hydrogen-bond acceptors (Lipinski definition) is 9. The van der Waals surface area contributed by atoms with Crippen molar-refractivity contribution in [2.24, 2.45) is 28.7 Å². The van der Waals surface area contributed by atoms with E-state index >= 15 is 0 Å². The molecule has 0 aromatic heterocycles. The number of thioether (sulfide) groups is 2. The lowest BCUT2D eigenvalue weighted by atomic mass is 10.1. The summed E-state index contributed by atoms with van der Waals surface area (Å²) in [5, 5.41) is 2.08. The Hall–Kier alpha value is -2.27. The highest BCUT2D eigenvalue weighted by Gasteiger charge is 2.02. The molecule has 0 saturated heterocycles. The zero-order valence-corrected chi connectivity index (χ0v) is 36.2. The summed E-state index contributed by atoms with van der Waals surface area (Å²) in [5.41, 5.74) is 27.8. The first kappa shape index (κ1) is 49.7. The Bertz CT molecular complexity index is 1630. The van der Waals surface area contributed by atoms with Gasteiger partial charge in [-0.15, -0.1) is 23.5 Å². The van der Waals surface area contributed by atoms with Crippen LogP contribution in [0, 0.1) is 9.39 Å². The van der Waals surface area contributed by atoms with E-state index in [1.807, 2.05) is 85.8 Å². The van der Waals surface area contributed by atoms with Gasteiger partial charge in [-0.05, 0) is 102 Å². The van der Waals surface area contributed by atoms with Crippen molar-refractivity contribution in [1.82, 2.24) is 0 Å². The average molecular weight is 949 g/mol. The smallest absolute Gasteiger partial charge is 0.126 e. The fourth-order valence-corrected chi connectivity index (χ4v) is 6.75. The minimum atomic E-state index is -0.292. The summed E-state index contributed by atoms with van der Waals surface area (Å²) >= 11 is 23.1. The maximum Gasteiger partial charge on any atom is 0.126 e. The standard InChI is InChI=1S/C8H9Cl2NS.C8H10ClN.C8H10FNO.C8H10INO.C8H11NS/c9-6-3-7(10)5-8(4-6)12-2-1-11;1-6(10)7-4-2-3-5-8(7)9;2*9-7-2-1-3-8(6-7)11-5-4-10;9-6-7-10-8-4-2-1-3-5-8/h3-5H,1-2,11H2;2-6H,10H2,1H3;2*1-3,6H,4-5,10H2;1-5H,6-7,9H2. The van der Waals surface area contributed by atoms with Crippen molar-refractivity contribution in [3.8, 4) is 11.5 Å². The Kier molecular flexibility index (Phi) is 29.4. The van der Waals surface area contributed by atoms with Gasteiger partial charge in [0.2, 0.25) is 0 Å². The fraction of sp³-hybridized carbons (Fsp3) is 0.250. The van der Waals surface area contributed by atoms with Crippen LogP contribution in [-0.2, 0) is 0 Å². The van der Waals surface area contributed by atoms with Crippen LogP contribution in [0.25, 0.3) is 0 Å². The molecule has 0 spiro atoms. The molecule has 7 nitrogen and oxygen atoms in total. The molecule has 0 fully saturated rings. The van der Waals surface area contributed by atoms with Crippen LogP contribution in [0.3, 0.4) is 0 Å². The third-order valence-corrected chi connectivity index (χ3v) is 9.62. The van der Waals surface area contributed by atoms with E-state index in [-0.39, 0.29) is 11.9 Å². The van der Waals surface area contributed by atoms with E-state index in [9.17, 15) is 4.39 Å². The molecule has 0 radical (unpaired) electrons. The van der Waals surface area contributed by atoms with Gasteiger partial charge in [0.05, 0.1) is 0 Å². The maximum atomic E-state index is 12.5. The SMILES string of the molecule is CC(N)c1ccccc1Cl.NCCOc1cccc(F)c1.NCCOc1cccc(I)c1.NCCSc1cc(Cl)cc(Cl)c1.NCCSc1ccccc1. The molecule has 294 valence electrons. The van der Waals surface area contributed by atoms with Gasteiger partial charge in [0.1, 0.15) is 30.5 Å². The molecule has 0 aliphatic carbocycles. The van der Waals surface area contributed by atoms with Gasteiger partial charge in [-0.25, -0.2) is 4.39 Å².